The standard InChI is InChI=1S/C32H41N5O5/c1-32(2,3)42-31(39)33-23-12-9-14-36(20-23)30(38)22-17-24-28(27(19-22)41-6)35(4)29(34-24)26-18-21-11-7-8-13-25(21)37(26)15-10-16-40-5/h7-8,11,13,17-19,23H,9-10,12,14-16,20H2,1-6H3,(H,33,39). The van der Waals surface area contributed by atoms with Crippen LogP contribution in [0.5, 0.6) is 5.75 Å². The molecule has 1 aliphatic rings. The summed E-state index contributed by atoms with van der Waals surface area (Å²) in [4.78, 5) is 32.9. The minimum atomic E-state index is -0.583. The maximum absolute atomic E-state index is 13.7. The summed E-state index contributed by atoms with van der Waals surface area (Å²) in [6.07, 6.45) is 1.97. The Kier molecular flexibility index (Phi) is 8.45. The van der Waals surface area contributed by atoms with Gasteiger partial charge in [-0.3, -0.25) is 4.79 Å². The Morgan fingerprint density at radius 3 is 2.64 bits per heavy atom. The number of nitrogens with zero attached hydrogens (tertiary/aromatic N) is 4. The van der Waals surface area contributed by atoms with Crippen molar-refractivity contribution in [2.45, 2.75) is 58.2 Å². The van der Waals surface area contributed by atoms with E-state index in [9.17, 15) is 9.59 Å². The second kappa shape index (κ2) is 12.1. The molecule has 10 nitrogen and oxygen atoms in total. The van der Waals surface area contributed by atoms with Gasteiger partial charge in [-0.25, -0.2) is 9.78 Å². The number of likely N-dealkylation sites (tertiary alicyclic amines) is 1. The molecular formula is C32H41N5O5. The van der Waals surface area contributed by atoms with E-state index in [0.29, 0.717) is 36.5 Å². The number of ether oxygens (including phenoxy) is 3. The first-order valence-corrected chi connectivity index (χ1v) is 14.5. The Bertz CT molecular complexity index is 1600. The SMILES string of the molecule is COCCCn1c(-c2nc3cc(C(=O)N4CCCC(NC(=O)OC(C)(C)C)C4)cc(OC)c3n2C)cc2ccccc21. The van der Waals surface area contributed by atoms with Crippen LogP contribution in [0, 0.1) is 0 Å². The molecule has 0 saturated carbocycles. The minimum absolute atomic E-state index is 0.119. The maximum atomic E-state index is 13.7. The summed E-state index contributed by atoms with van der Waals surface area (Å²) >= 11 is 0. The van der Waals surface area contributed by atoms with Gasteiger partial charge in [0.05, 0.1) is 18.3 Å². The van der Waals surface area contributed by atoms with Crippen molar-refractivity contribution in [3.05, 3.63) is 48.0 Å². The van der Waals surface area contributed by atoms with E-state index in [4.69, 9.17) is 19.2 Å². The number of rotatable bonds is 8. The Morgan fingerprint density at radius 1 is 1.12 bits per heavy atom. The van der Waals surface area contributed by atoms with E-state index >= 15 is 0 Å². The first-order chi connectivity index (χ1) is 20.1. The van der Waals surface area contributed by atoms with Crippen molar-refractivity contribution in [1.82, 2.24) is 24.3 Å². The number of piperidine rings is 1. The van der Waals surface area contributed by atoms with E-state index in [1.165, 1.54) is 0 Å². The number of methoxy groups -OCH3 is 2. The number of benzene rings is 2. The number of aryl methyl sites for hydroxylation is 2. The quantitative estimate of drug-likeness (QED) is 0.284. The summed E-state index contributed by atoms with van der Waals surface area (Å²) in [6.45, 7) is 7.96. The molecule has 2 aromatic heterocycles. The number of nitrogens with one attached hydrogen (secondary N) is 1. The van der Waals surface area contributed by atoms with E-state index in [1.807, 2.05) is 50.6 Å². The maximum Gasteiger partial charge on any atom is 0.407 e. The number of aromatic nitrogens is 3. The molecular weight excluding hydrogens is 534 g/mol. The molecule has 2 amide bonds. The van der Waals surface area contributed by atoms with Crippen molar-refractivity contribution in [2.75, 3.05) is 33.9 Å². The number of para-hydroxylation sites is 1. The molecule has 224 valence electrons. The summed E-state index contributed by atoms with van der Waals surface area (Å²) in [5.41, 5.74) is 3.55. The lowest BCUT2D eigenvalue weighted by molar-refractivity contribution is 0.0452. The Labute approximate surface area is 246 Å². The van der Waals surface area contributed by atoms with Crippen molar-refractivity contribution in [2.24, 2.45) is 7.05 Å². The monoisotopic (exact) mass is 575 g/mol. The third-order valence-corrected chi connectivity index (χ3v) is 7.60. The number of alkyl carbamates (subject to hydrolysis) is 1. The number of hydrogen-bond acceptors (Lipinski definition) is 6. The molecule has 2 aromatic carbocycles. The molecule has 0 aliphatic carbocycles. The Balaban J connectivity index is 1.46. The molecule has 5 rings (SSSR count). The van der Waals surface area contributed by atoms with Crippen LogP contribution < -0.4 is 10.1 Å². The normalized spacial score (nSPS) is 15.8. The lowest BCUT2D eigenvalue weighted by atomic mass is 10.0. The number of fused-ring (bicyclic) bond motifs is 2. The zero-order valence-electron chi connectivity index (χ0n) is 25.4. The number of imidazole rings is 1. The van der Waals surface area contributed by atoms with Crippen molar-refractivity contribution in [1.29, 1.82) is 0 Å². The highest BCUT2D eigenvalue weighted by molar-refractivity contribution is 6.00. The Hall–Kier alpha value is -4.05. The van der Waals surface area contributed by atoms with Crippen LogP contribution in [0.25, 0.3) is 33.5 Å². The van der Waals surface area contributed by atoms with Gasteiger partial charge >= 0.3 is 6.09 Å². The molecule has 1 unspecified atom stereocenters. The molecule has 4 aromatic rings. The Morgan fingerprint density at radius 2 is 1.90 bits per heavy atom. The van der Waals surface area contributed by atoms with Gasteiger partial charge in [0.1, 0.15) is 16.9 Å². The van der Waals surface area contributed by atoms with E-state index < -0.39 is 11.7 Å². The van der Waals surface area contributed by atoms with E-state index in [-0.39, 0.29) is 11.9 Å². The van der Waals surface area contributed by atoms with Crippen LogP contribution in [-0.2, 0) is 23.1 Å². The van der Waals surface area contributed by atoms with Gasteiger partial charge in [-0.1, -0.05) is 18.2 Å². The van der Waals surface area contributed by atoms with E-state index in [1.54, 1.807) is 25.2 Å². The molecule has 1 fully saturated rings. The second-order valence-electron chi connectivity index (χ2n) is 11.9. The van der Waals surface area contributed by atoms with Crippen LogP contribution in [0.4, 0.5) is 4.79 Å². The summed E-state index contributed by atoms with van der Waals surface area (Å²) in [5.74, 6) is 1.26. The fourth-order valence-electron chi connectivity index (χ4n) is 5.76. The van der Waals surface area contributed by atoms with Crippen molar-refractivity contribution in [3.63, 3.8) is 0 Å². The second-order valence-corrected chi connectivity index (χ2v) is 11.9. The van der Waals surface area contributed by atoms with Crippen molar-refractivity contribution < 1.29 is 23.8 Å². The first kappa shape index (κ1) is 29.4. The minimum Gasteiger partial charge on any atom is -0.494 e. The highest BCUT2D eigenvalue weighted by Gasteiger charge is 2.29. The average molecular weight is 576 g/mol. The van der Waals surface area contributed by atoms with E-state index in [0.717, 1.165) is 53.7 Å². The van der Waals surface area contributed by atoms with Crippen LogP contribution in [0.3, 0.4) is 0 Å². The molecule has 0 spiro atoms. The molecule has 0 bridgehead atoms. The molecule has 1 saturated heterocycles. The van der Waals surface area contributed by atoms with Crippen molar-refractivity contribution in [3.8, 4) is 17.3 Å². The summed E-state index contributed by atoms with van der Waals surface area (Å²) in [5, 5.41) is 4.06. The van der Waals surface area contributed by atoms with Gasteiger partial charge in [0, 0.05) is 62.9 Å². The summed E-state index contributed by atoms with van der Waals surface area (Å²) < 4.78 is 20.8. The molecule has 1 aliphatic heterocycles. The van der Waals surface area contributed by atoms with Crippen LogP contribution >= 0.6 is 0 Å². The fourth-order valence-corrected chi connectivity index (χ4v) is 5.76. The van der Waals surface area contributed by atoms with Crippen LogP contribution in [0.2, 0.25) is 0 Å². The van der Waals surface area contributed by atoms with Crippen LogP contribution in [0.15, 0.2) is 42.5 Å². The summed E-state index contributed by atoms with van der Waals surface area (Å²) in [6, 6.07) is 13.9. The number of carbonyl (C=O) groups is 2. The van der Waals surface area contributed by atoms with Crippen molar-refractivity contribution >= 4 is 33.9 Å². The third kappa shape index (κ3) is 6.09. The topological polar surface area (TPSA) is 99.9 Å². The number of hydrogen-bond donors (Lipinski definition) is 1. The van der Waals surface area contributed by atoms with Gasteiger partial charge < -0.3 is 33.6 Å². The third-order valence-electron chi connectivity index (χ3n) is 7.60. The molecule has 42 heavy (non-hydrogen) atoms. The fraction of sp³-hybridized carbons (Fsp3) is 0.469. The predicted molar refractivity (Wildman–Crippen MR) is 163 cm³/mol. The first-order valence-electron chi connectivity index (χ1n) is 14.5. The predicted octanol–water partition coefficient (Wildman–Crippen LogP) is 5.37. The van der Waals surface area contributed by atoms with Crippen LogP contribution in [-0.4, -0.2) is 76.6 Å². The largest absolute Gasteiger partial charge is 0.494 e. The molecule has 1 atom stereocenters. The zero-order chi connectivity index (χ0) is 30.0. The number of amides is 2. The molecule has 10 heteroatoms. The molecule has 1 N–H and O–H groups in total. The van der Waals surface area contributed by atoms with Crippen LogP contribution in [0.1, 0.15) is 50.4 Å². The van der Waals surface area contributed by atoms with Gasteiger partial charge in [-0.05, 0) is 64.3 Å². The van der Waals surface area contributed by atoms with Gasteiger partial charge in [0.25, 0.3) is 5.91 Å². The van der Waals surface area contributed by atoms with Gasteiger partial charge in [0.2, 0.25) is 0 Å². The van der Waals surface area contributed by atoms with Gasteiger partial charge in [0.15, 0.2) is 5.82 Å². The van der Waals surface area contributed by atoms with Gasteiger partial charge in [-0.15, -0.1) is 0 Å². The van der Waals surface area contributed by atoms with Gasteiger partial charge in [-0.2, -0.15) is 0 Å². The average Bonchev–Trinajstić information content (AvgIpc) is 3.48. The lowest BCUT2D eigenvalue weighted by Gasteiger charge is -2.33. The zero-order valence-corrected chi connectivity index (χ0v) is 25.4. The summed E-state index contributed by atoms with van der Waals surface area (Å²) in [7, 11) is 5.30. The lowest BCUT2D eigenvalue weighted by Crippen LogP contribution is -2.50. The smallest absolute Gasteiger partial charge is 0.407 e. The molecule has 3 heterocycles. The highest BCUT2D eigenvalue weighted by Crippen LogP contribution is 2.34. The highest BCUT2D eigenvalue weighted by atomic mass is 16.6. The number of carbonyl (C=O) groups excluding carboxylic acids is 2. The molecule has 0 radical (unpaired) electrons. The van der Waals surface area contributed by atoms with E-state index in [2.05, 4.69) is 28.1 Å².